The lowest BCUT2D eigenvalue weighted by Gasteiger charge is -2.17. The van der Waals surface area contributed by atoms with Crippen molar-refractivity contribution in [2.24, 2.45) is 0 Å². The van der Waals surface area contributed by atoms with E-state index < -0.39 is 5.82 Å². The first-order valence-corrected chi connectivity index (χ1v) is 7.87. The minimum atomic E-state index is -0.393. The number of methoxy groups -OCH3 is 1. The number of ether oxygens (including phenoxy) is 1. The van der Waals surface area contributed by atoms with Crippen LogP contribution in [0.25, 0.3) is 0 Å². The third kappa shape index (κ3) is 4.88. The van der Waals surface area contributed by atoms with Crippen molar-refractivity contribution in [1.29, 1.82) is 0 Å². The van der Waals surface area contributed by atoms with Gasteiger partial charge < -0.3 is 15.2 Å². The average Bonchev–Trinajstić information content (AvgIpc) is 2.61. The van der Waals surface area contributed by atoms with Gasteiger partial charge in [0.15, 0.2) is 0 Å². The molecule has 2 N–H and O–H groups in total. The van der Waals surface area contributed by atoms with E-state index in [0.29, 0.717) is 24.1 Å². The number of nitrogens with one attached hydrogen (secondary N) is 1. The van der Waals surface area contributed by atoms with E-state index in [1.165, 1.54) is 25.3 Å². The number of amides is 1. The molecule has 0 bridgehead atoms. The lowest BCUT2D eigenvalue weighted by atomic mass is 9.96. The first-order chi connectivity index (χ1) is 11.7. The first-order valence-electron chi connectivity index (χ1n) is 7.87. The van der Waals surface area contributed by atoms with Gasteiger partial charge in [0.2, 0.25) is 0 Å². The monoisotopic (exact) mass is 331 g/mol. The molecular weight excluding hydrogens is 309 g/mol. The number of benzene rings is 2. The van der Waals surface area contributed by atoms with Crippen LogP contribution in [0.15, 0.2) is 48.5 Å². The van der Waals surface area contributed by atoms with Gasteiger partial charge in [-0.3, -0.25) is 4.79 Å². The van der Waals surface area contributed by atoms with Crippen molar-refractivity contribution in [2.75, 3.05) is 20.3 Å². The topological polar surface area (TPSA) is 58.6 Å². The van der Waals surface area contributed by atoms with Crippen LogP contribution in [-0.2, 0) is 11.3 Å². The van der Waals surface area contributed by atoms with Crippen LogP contribution in [0.3, 0.4) is 0 Å². The summed E-state index contributed by atoms with van der Waals surface area (Å²) in [6.45, 7) is 0.564. The van der Waals surface area contributed by atoms with E-state index in [4.69, 9.17) is 4.74 Å². The number of rotatable bonds is 8. The normalized spacial score (nSPS) is 12.0. The second-order valence-corrected chi connectivity index (χ2v) is 5.57. The summed E-state index contributed by atoms with van der Waals surface area (Å²) in [4.78, 5) is 12.3. The van der Waals surface area contributed by atoms with Crippen molar-refractivity contribution < 1.29 is 19.0 Å². The standard InChI is InChI=1S/C19H22FNO3/c1-24-13-17-11-15(7-8-18(17)20)19(23)21-12-16(9-10-22)14-5-3-2-4-6-14/h2-8,11,16,22H,9-10,12-13H2,1H3,(H,21,23). The molecule has 128 valence electrons. The quantitative estimate of drug-likeness (QED) is 0.782. The van der Waals surface area contributed by atoms with E-state index in [1.54, 1.807) is 0 Å². The van der Waals surface area contributed by atoms with Gasteiger partial charge in [-0.25, -0.2) is 4.39 Å². The van der Waals surface area contributed by atoms with Gasteiger partial charge in [-0.05, 0) is 30.2 Å². The number of aliphatic hydroxyl groups is 1. The number of hydrogen-bond acceptors (Lipinski definition) is 3. The summed E-state index contributed by atoms with van der Waals surface area (Å²) < 4.78 is 18.5. The van der Waals surface area contributed by atoms with E-state index >= 15 is 0 Å². The Labute approximate surface area is 141 Å². The number of carbonyl (C=O) groups is 1. The van der Waals surface area contributed by atoms with Crippen LogP contribution in [-0.4, -0.2) is 31.3 Å². The highest BCUT2D eigenvalue weighted by atomic mass is 19.1. The highest BCUT2D eigenvalue weighted by Gasteiger charge is 2.14. The number of hydrogen-bond donors (Lipinski definition) is 2. The maximum absolute atomic E-state index is 13.6. The molecule has 0 spiro atoms. The molecule has 4 nitrogen and oxygen atoms in total. The van der Waals surface area contributed by atoms with E-state index in [9.17, 15) is 14.3 Å². The lowest BCUT2D eigenvalue weighted by Crippen LogP contribution is -2.29. The molecule has 0 fully saturated rings. The summed E-state index contributed by atoms with van der Waals surface area (Å²) in [7, 11) is 1.48. The van der Waals surface area contributed by atoms with Gasteiger partial charge in [-0.15, -0.1) is 0 Å². The third-order valence-corrected chi connectivity index (χ3v) is 3.87. The predicted molar refractivity (Wildman–Crippen MR) is 90.3 cm³/mol. The van der Waals surface area contributed by atoms with E-state index in [2.05, 4.69) is 5.32 Å². The van der Waals surface area contributed by atoms with Crippen molar-refractivity contribution in [1.82, 2.24) is 5.32 Å². The molecule has 0 aliphatic rings. The second kappa shape index (κ2) is 9.15. The molecule has 0 aliphatic carbocycles. The number of halogens is 1. The van der Waals surface area contributed by atoms with Crippen LogP contribution in [0.2, 0.25) is 0 Å². The van der Waals surface area contributed by atoms with Crippen molar-refractivity contribution in [3.63, 3.8) is 0 Å². The highest BCUT2D eigenvalue weighted by Crippen LogP contribution is 2.18. The number of carbonyl (C=O) groups excluding carboxylic acids is 1. The van der Waals surface area contributed by atoms with E-state index in [0.717, 1.165) is 5.56 Å². The fourth-order valence-corrected chi connectivity index (χ4v) is 2.57. The zero-order valence-corrected chi connectivity index (χ0v) is 13.7. The first kappa shape index (κ1) is 18.1. The summed E-state index contributed by atoms with van der Waals surface area (Å²) >= 11 is 0. The lowest BCUT2D eigenvalue weighted by molar-refractivity contribution is 0.0949. The molecule has 0 saturated carbocycles. The molecule has 2 rings (SSSR count). The minimum Gasteiger partial charge on any atom is -0.396 e. The molecule has 1 unspecified atom stereocenters. The summed E-state index contributed by atoms with van der Waals surface area (Å²) in [5, 5.41) is 12.1. The molecule has 0 saturated heterocycles. The van der Waals surface area contributed by atoms with Crippen molar-refractivity contribution in [3.8, 4) is 0 Å². The molecule has 1 amide bonds. The maximum atomic E-state index is 13.6. The average molecular weight is 331 g/mol. The van der Waals surface area contributed by atoms with Gasteiger partial charge in [-0.1, -0.05) is 30.3 Å². The molecule has 1 atom stereocenters. The maximum Gasteiger partial charge on any atom is 0.251 e. The van der Waals surface area contributed by atoms with Crippen LogP contribution in [0, 0.1) is 5.82 Å². The van der Waals surface area contributed by atoms with Crippen molar-refractivity contribution >= 4 is 5.91 Å². The molecule has 2 aromatic rings. The highest BCUT2D eigenvalue weighted by molar-refractivity contribution is 5.94. The molecule has 24 heavy (non-hydrogen) atoms. The third-order valence-electron chi connectivity index (χ3n) is 3.87. The summed E-state index contributed by atoms with van der Waals surface area (Å²) in [6.07, 6.45) is 0.558. The largest absolute Gasteiger partial charge is 0.396 e. The Morgan fingerprint density at radius 1 is 1.25 bits per heavy atom. The van der Waals surface area contributed by atoms with Gasteiger partial charge in [0.25, 0.3) is 5.91 Å². The molecule has 0 aromatic heterocycles. The fourth-order valence-electron chi connectivity index (χ4n) is 2.57. The Morgan fingerprint density at radius 2 is 2.00 bits per heavy atom. The van der Waals surface area contributed by atoms with Crippen molar-refractivity contribution in [2.45, 2.75) is 18.9 Å². The molecular formula is C19H22FNO3. The Hall–Kier alpha value is -2.24. The molecule has 5 heteroatoms. The molecule has 0 radical (unpaired) electrons. The number of aliphatic hydroxyl groups excluding tert-OH is 1. The Balaban J connectivity index is 2.04. The van der Waals surface area contributed by atoms with Gasteiger partial charge >= 0.3 is 0 Å². The van der Waals surface area contributed by atoms with Gasteiger partial charge in [0.05, 0.1) is 6.61 Å². The van der Waals surface area contributed by atoms with Crippen LogP contribution in [0.1, 0.15) is 33.8 Å². The summed E-state index contributed by atoms with van der Waals surface area (Å²) in [5.41, 5.74) is 1.80. The van der Waals surface area contributed by atoms with Gasteiger partial charge in [0, 0.05) is 37.3 Å². The van der Waals surface area contributed by atoms with Gasteiger partial charge in [-0.2, -0.15) is 0 Å². The van der Waals surface area contributed by atoms with Crippen LogP contribution >= 0.6 is 0 Å². The predicted octanol–water partition coefficient (Wildman–Crippen LogP) is 2.87. The zero-order valence-electron chi connectivity index (χ0n) is 13.7. The summed E-state index contributed by atoms with van der Waals surface area (Å²) in [6, 6.07) is 13.9. The Bertz CT molecular complexity index is 661. The Kier molecular flexibility index (Phi) is 6.90. The van der Waals surface area contributed by atoms with E-state index in [1.807, 2.05) is 30.3 Å². The smallest absolute Gasteiger partial charge is 0.251 e. The summed E-state index contributed by atoms with van der Waals surface area (Å²) in [5.74, 6) is -0.638. The molecule has 2 aromatic carbocycles. The minimum absolute atomic E-state index is 0.0269. The van der Waals surface area contributed by atoms with Crippen molar-refractivity contribution in [3.05, 3.63) is 71.0 Å². The van der Waals surface area contributed by atoms with Gasteiger partial charge in [0.1, 0.15) is 5.82 Å². The van der Waals surface area contributed by atoms with Crippen LogP contribution < -0.4 is 5.32 Å². The van der Waals surface area contributed by atoms with Crippen LogP contribution in [0.5, 0.6) is 0 Å². The second-order valence-electron chi connectivity index (χ2n) is 5.57. The SMILES string of the molecule is COCc1cc(C(=O)NCC(CCO)c2ccccc2)ccc1F. The van der Waals surface area contributed by atoms with Crippen LogP contribution in [0.4, 0.5) is 4.39 Å². The zero-order chi connectivity index (χ0) is 17.4. The van der Waals surface area contributed by atoms with E-state index in [-0.39, 0.29) is 25.0 Å². The molecule has 0 aliphatic heterocycles. The Morgan fingerprint density at radius 3 is 2.67 bits per heavy atom. The fraction of sp³-hybridized carbons (Fsp3) is 0.316. The molecule has 0 heterocycles.